The van der Waals surface area contributed by atoms with E-state index in [1.807, 2.05) is 0 Å². The molecule has 0 unspecified atom stereocenters. The average Bonchev–Trinajstić information content (AvgIpc) is 3.51. The number of hydrogen-bond acceptors (Lipinski definition) is 0. The standard InChI is InChI=1S/C24H17.C15H13.Zr/c1-16-13-17-8-6-12-22(23(17)14-16)24-15-18-7-2-3-9-19(18)20-10-4-5-11-21(20)24;1-10-3-5-14-12(7-10)9-13-8-11(2)4-6-15(13)14;/h2-15H,1H3;3-9H,1-2H3;/q2*-1;+2. The molecule has 0 saturated carbocycles. The summed E-state index contributed by atoms with van der Waals surface area (Å²) in [6.45, 7) is 6.45. The number of aryl methyl sites for hydroxylation is 3. The van der Waals surface area contributed by atoms with Gasteiger partial charge in [-0.2, -0.15) is 6.07 Å². The molecule has 0 radical (unpaired) electrons. The third-order valence-electron chi connectivity index (χ3n) is 7.97. The summed E-state index contributed by atoms with van der Waals surface area (Å²) in [5, 5.41) is 13.4. The van der Waals surface area contributed by atoms with Gasteiger partial charge in [-0.3, -0.25) is 0 Å². The van der Waals surface area contributed by atoms with Crippen LogP contribution in [0.15, 0.2) is 127 Å². The van der Waals surface area contributed by atoms with E-state index in [1.54, 1.807) is 0 Å². The maximum atomic E-state index is 2.34. The summed E-state index contributed by atoms with van der Waals surface area (Å²) < 4.78 is 0. The van der Waals surface area contributed by atoms with Gasteiger partial charge in [-0.15, -0.1) is 74.3 Å². The van der Waals surface area contributed by atoms with Crippen LogP contribution in [-0.4, -0.2) is 0 Å². The molecule has 8 aromatic rings. The number of benzene rings is 6. The second-order valence-electron chi connectivity index (χ2n) is 10.9. The van der Waals surface area contributed by atoms with Crippen LogP contribution in [0.25, 0.3) is 65.0 Å². The Kier molecular flexibility index (Phi) is 7.03. The van der Waals surface area contributed by atoms with Crippen molar-refractivity contribution in [2.75, 3.05) is 0 Å². The van der Waals surface area contributed by atoms with Crippen LogP contribution in [0.1, 0.15) is 16.7 Å². The van der Waals surface area contributed by atoms with Crippen molar-refractivity contribution in [3.63, 3.8) is 0 Å². The van der Waals surface area contributed by atoms with Gasteiger partial charge in [0.2, 0.25) is 0 Å². The summed E-state index contributed by atoms with van der Waals surface area (Å²) in [5.41, 5.74) is 6.62. The van der Waals surface area contributed by atoms with E-state index in [9.17, 15) is 0 Å². The van der Waals surface area contributed by atoms with Gasteiger partial charge in [0.05, 0.1) is 0 Å². The van der Waals surface area contributed by atoms with E-state index in [1.165, 1.54) is 81.7 Å². The fourth-order valence-corrected chi connectivity index (χ4v) is 6.16. The number of fused-ring (bicyclic) bond motifs is 7. The Hall–Kier alpha value is -3.80. The largest absolute Gasteiger partial charge is 2.00 e. The predicted octanol–water partition coefficient (Wildman–Crippen LogP) is 11.2. The van der Waals surface area contributed by atoms with Gasteiger partial charge in [0.1, 0.15) is 0 Å². The van der Waals surface area contributed by atoms with Crippen molar-refractivity contribution in [2.24, 2.45) is 0 Å². The Bertz CT molecular complexity index is 2100. The predicted molar refractivity (Wildman–Crippen MR) is 171 cm³/mol. The molecule has 40 heavy (non-hydrogen) atoms. The monoisotopic (exact) mass is 588 g/mol. The molecule has 0 fully saturated rings. The third kappa shape index (κ3) is 4.63. The Labute approximate surface area is 254 Å². The summed E-state index contributed by atoms with van der Waals surface area (Å²) >= 11 is 0. The van der Waals surface area contributed by atoms with Crippen molar-refractivity contribution in [3.8, 4) is 11.1 Å². The van der Waals surface area contributed by atoms with Crippen molar-refractivity contribution < 1.29 is 26.2 Å². The normalized spacial score (nSPS) is 11.2. The van der Waals surface area contributed by atoms with Gasteiger partial charge in [0, 0.05) is 0 Å². The van der Waals surface area contributed by atoms with Crippen molar-refractivity contribution in [1.29, 1.82) is 0 Å². The van der Waals surface area contributed by atoms with Crippen LogP contribution in [0.5, 0.6) is 0 Å². The number of rotatable bonds is 1. The molecule has 0 amide bonds. The van der Waals surface area contributed by atoms with Crippen LogP contribution >= 0.6 is 0 Å². The summed E-state index contributed by atoms with van der Waals surface area (Å²) in [6, 6.07) is 46.5. The van der Waals surface area contributed by atoms with Gasteiger partial charge in [-0.1, -0.05) is 102 Å². The zero-order chi connectivity index (χ0) is 26.5. The van der Waals surface area contributed by atoms with E-state index in [0.717, 1.165) is 0 Å². The van der Waals surface area contributed by atoms with Crippen molar-refractivity contribution >= 4 is 53.9 Å². The Morgan fingerprint density at radius 1 is 0.400 bits per heavy atom. The topological polar surface area (TPSA) is 0 Å². The van der Waals surface area contributed by atoms with E-state index in [-0.39, 0.29) is 26.2 Å². The van der Waals surface area contributed by atoms with Gasteiger partial charge in [0.15, 0.2) is 0 Å². The minimum absolute atomic E-state index is 0. The molecule has 0 atom stereocenters. The molecular weight excluding hydrogens is 560 g/mol. The van der Waals surface area contributed by atoms with Crippen molar-refractivity contribution in [2.45, 2.75) is 20.8 Å². The Morgan fingerprint density at radius 2 is 1.02 bits per heavy atom. The minimum atomic E-state index is 0. The molecule has 0 saturated heterocycles. The average molecular weight is 590 g/mol. The first kappa shape index (κ1) is 26.4. The van der Waals surface area contributed by atoms with Gasteiger partial charge < -0.3 is 0 Å². The molecule has 1 heteroatoms. The molecule has 8 aromatic carbocycles. The van der Waals surface area contributed by atoms with E-state index in [0.29, 0.717) is 0 Å². The number of hydrogen-bond donors (Lipinski definition) is 0. The zero-order valence-electron chi connectivity index (χ0n) is 23.1. The smallest absolute Gasteiger partial charge is 0.165 e. The van der Waals surface area contributed by atoms with Crippen molar-refractivity contribution in [3.05, 3.63) is 144 Å². The van der Waals surface area contributed by atoms with Gasteiger partial charge >= 0.3 is 26.2 Å². The molecule has 0 aliphatic carbocycles. The maximum absolute atomic E-state index is 2.34. The molecule has 0 bridgehead atoms. The molecule has 0 aromatic heterocycles. The minimum Gasteiger partial charge on any atom is -0.165 e. The fraction of sp³-hybridized carbons (Fsp3) is 0.0769. The van der Waals surface area contributed by atoms with Crippen molar-refractivity contribution in [1.82, 2.24) is 0 Å². The zero-order valence-corrected chi connectivity index (χ0v) is 25.6. The summed E-state index contributed by atoms with van der Waals surface area (Å²) in [4.78, 5) is 0. The van der Waals surface area contributed by atoms with E-state index < -0.39 is 0 Å². The van der Waals surface area contributed by atoms with Gasteiger partial charge in [-0.25, -0.2) is 0 Å². The molecule has 190 valence electrons. The van der Waals surface area contributed by atoms with E-state index >= 15 is 0 Å². The second-order valence-corrected chi connectivity index (χ2v) is 10.9. The van der Waals surface area contributed by atoms with Crippen LogP contribution < -0.4 is 0 Å². The Balaban J connectivity index is 0.000000156. The molecule has 0 spiro atoms. The van der Waals surface area contributed by atoms with Crippen LogP contribution in [0.4, 0.5) is 0 Å². The summed E-state index contributed by atoms with van der Waals surface area (Å²) in [5.74, 6) is 0. The first-order valence-corrected chi connectivity index (χ1v) is 13.7. The summed E-state index contributed by atoms with van der Waals surface area (Å²) in [7, 11) is 0. The van der Waals surface area contributed by atoms with Crippen LogP contribution in [0.2, 0.25) is 0 Å². The van der Waals surface area contributed by atoms with Crippen LogP contribution in [0.3, 0.4) is 0 Å². The van der Waals surface area contributed by atoms with Gasteiger partial charge in [0.25, 0.3) is 0 Å². The van der Waals surface area contributed by atoms with Crippen LogP contribution in [0, 0.1) is 20.8 Å². The Morgan fingerprint density at radius 3 is 1.73 bits per heavy atom. The fourth-order valence-electron chi connectivity index (χ4n) is 6.16. The quantitative estimate of drug-likeness (QED) is 0.132. The molecule has 0 N–H and O–H groups in total. The summed E-state index contributed by atoms with van der Waals surface area (Å²) in [6.07, 6.45) is 0. The van der Waals surface area contributed by atoms with E-state index in [4.69, 9.17) is 0 Å². The first-order valence-electron chi connectivity index (χ1n) is 13.7. The molecule has 8 rings (SSSR count). The molecular formula is C39H30Zr. The SMILES string of the molecule is Cc1cc2c(-c3cc4ccccc4c4ccccc34)cccc2[cH-]1.Cc1ccc2c(c1)[cH-]c1cc(C)ccc12.[Zr+2]. The van der Waals surface area contributed by atoms with Crippen LogP contribution in [-0.2, 0) is 26.2 Å². The molecule has 0 aliphatic rings. The second kappa shape index (κ2) is 10.6. The maximum Gasteiger partial charge on any atom is 2.00 e. The van der Waals surface area contributed by atoms with Gasteiger partial charge in [-0.05, 0) is 47.0 Å². The first-order chi connectivity index (χ1) is 19.0. The van der Waals surface area contributed by atoms with E-state index in [2.05, 4.69) is 148 Å². The molecule has 0 nitrogen and oxygen atoms in total. The molecule has 0 heterocycles. The third-order valence-corrected chi connectivity index (χ3v) is 7.97. The molecule has 0 aliphatic heterocycles.